The third-order valence-corrected chi connectivity index (χ3v) is 3.20. The molecular weight excluding hydrogens is 280 g/mol. The molecule has 1 rings (SSSR count). The SMILES string of the molecule is CCCCCNC(=O)CCCOc1ccc(C#N)cc1OC. The summed E-state index contributed by atoms with van der Waals surface area (Å²) in [6, 6.07) is 7.08. The fraction of sp³-hybridized carbons (Fsp3) is 0.529. The van der Waals surface area contributed by atoms with Crippen molar-refractivity contribution in [2.75, 3.05) is 20.3 Å². The van der Waals surface area contributed by atoms with Gasteiger partial charge < -0.3 is 14.8 Å². The number of rotatable bonds is 10. The Hall–Kier alpha value is -2.22. The molecule has 1 amide bonds. The molecule has 0 aliphatic rings. The van der Waals surface area contributed by atoms with E-state index < -0.39 is 0 Å². The summed E-state index contributed by atoms with van der Waals surface area (Å²) in [5.74, 6) is 1.18. The van der Waals surface area contributed by atoms with Crippen molar-refractivity contribution in [3.8, 4) is 17.6 Å². The first-order valence-electron chi connectivity index (χ1n) is 7.69. The third kappa shape index (κ3) is 6.49. The summed E-state index contributed by atoms with van der Waals surface area (Å²) in [7, 11) is 1.53. The highest BCUT2D eigenvalue weighted by molar-refractivity contribution is 5.75. The fourth-order valence-corrected chi connectivity index (χ4v) is 1.96. The van der Waals surface area contributed by atoms with Crippen molar-refractivity contribution in [3.63, 3.8) is 0 Å². The number of methoxy groups -OCH3 is 1. The van der Waals surface area contributed by atoms with Gasteiger partial charge in [-0.2, -0.15) is 5.26 Å². The third-order valence-electron chi connectivity index (χ3n) is 3.20. The lowest BCUT2D eigenvalue weighted by Crippen LogP contribution is -2.24. The molecule has 0 fully saturated rings. The number of unbranched alkanes of at least 4 members (excludes halogenated alkanes) is 2. The van der Waals surface area contributed by atoms with Crippen LogP contribution >= 0.6 is 0 Å². The average molecular weight is 304 g/mol. The minimum absolute atomic E-state index is 0.0616. The van der Waals surface area contributed by atoms with Crippen molar-refractivity contribution in [1.82, 2.24) is 5.32 Å². The predicted octanol–water partition coefficient (Wildman–Crippen LogP) is 3.03. The van der Waals surface area contributed by atoms with Crippen LogP contribution in [0.25, 0.3) is 0 Å². The zero-order valence-electron chi connectivity index (χ0n) is 13.4. The highest BCUT2D eigenvalue weighted by Crippen LogP contribution is 2.27. The second-order valence-corrected chi connectivity index (χ2v) is 4.99. The van der Waals surface area contributed by atoms with Crippen molar-refractivity contribution < 1.29 is 14.3 Å². The lowest BCUT2D eigenvalue weighted by atomic mass is 10.2. The number of nitrogens with one attached hydrogen (secondary N) is 1. The molecule has 0 saturated heterocycles. The monoisotopic (exact) mass is 304 g/mol. The van der Waals surface area contributed by atoms with E-state index in [1.165, 1.54) is 7.11 Å². The molecule has 0 bridgehead atoms. The van der Waals surface area contributed by atoms with E-state index >= 15 is 0 Å². The molecule has 0 heterocycles. The van der Waals surface area contributed by atoms with Crippen LogP contribution in [0.4, 0.5) is 0 Å². The Bertz CT molecular complexity index is 509. The van der Waals surface area contributed by atoms with Gasteiger partial charge in [0.15, 0.2) is 11.5 Å². The topological polar surface area (TPSA) is 71.3 Å². The first-order chi connectivity index (χ1) is 10.7. The van der Waals surface area contributed by atoms with E-state index in [0.717, 1.165) is 25.8 Å². The quantitative estimate of drug-likeness (QED) is 0.674. The summed E-state index contributed by atoms with van der Waals surface area (Å²) in [5, 5.41) is 11.7. The molecule has 1 N–H and O–H groups in total. The predicted molar refractivity (Wildman–Crippen MR) is 85.0 cm³/mol. The van der Waals surface area contributed by atoms with Crippen molar-refractivity contribution in [1.29, 1.82) is 5.26 Å². The smallest absolute Gasteiger partial charge is 0.220 e. The minimum atomic E-state index is 0.0616. The Labute approximate surface area is 132 Å². The van der Waals surface area contributed by atoms with E-state index in [-0.39, 0.29) is 5.91 Å². The Kier molecular flexibility index (Phi) is 8.51. The molecule has 0 unspecified atom stereocenters. The van der Waals surface area contributed by atoms with Crippen LogP contribution < -0.4 is 14.8 Å². The zero-order valence-corrected chi connectivity index (χ0v) is 13.4. The number of ether oxygens (including phenoxy) is 2. The number of nitriles is 1. The summed E-state index contributed by atoms with van der Waals surface area (Å²) in [4.78, 5) is 11.6. The standard InChI is InChI=1S/C17H24N2O3/c1-3-4-5-10-19-17(20)7-6-11-22-15-9-8-14(13-18)12-16(15)21-2/h8-9,12H,3-7,10-11H2,1-2H3,(H,19,20). The summed E-state index contributed by atoms with van der Waals surface area (Å²) in [5.41, 5.74) is 0.524. The molecule has 120 valence electrons. The second-order valence-electron chi connectivity index (χ2n) is 4.99. The van der Waals surface area contributed by atoms with E-state index in [4.69, 9.17) is 14.7 Å². The van der Waals surface area contributed by atoms with Crippen LogP contribution in [0, 0.1) is 11.3 Å². The van der Waals surface area contributed by atoms with Gasteiger partial charge in [-0.25, -0.2) is 0 Å². The van der Waals surface area contributed by atoms with E-state index in [9.17, 15) is 4.79 Å². The Morgan fingerprint density at radius 2 is 2.09 bits per heavy atom. The number of hydrogen-bond donors (Lipinski definition) is 1. The molecule has 0 atom stereocenters. The molecule has 1 aromatic rings. The van der Waals surface area contributed by atoms with Gasteiger partial charge in [0.05, 0.1) is 25.3 Å². The average Bonchev–Trinajstić information content (AvgIpc) is 2.55. The first-order valence-corrected chi connectivity index (χ1v) is 7.69. The van der Waals surface area contributed by atoms with Gasteiger partial charge >= 0.3 is 0 Å². The number of carbonyl (C=O) groups is 1. The first kappa shape index (κ1) is 17.8. The largest absolute Gasteiger partial charge is 0.493 e. The fourth-order valence-electron chi connectivity index (χ4n) is 1.96. The van der Waals surface area contributed by atoms with Crippen LogP contribution in [0.15, 0.2) is 18.2 Å². The number of benzene rings is 1. The number of carbonyl (C=O) groups excluding carboxylic acids is 1. The van der Waals surface area contributed by atoms with E-state index in [2.05, 4.69) is 18.3 Å². The molecule has 0 spiro atoms. The zero-order chi connectivity index (χ0) is 16.2. The summed E-state index contributed by atoms with van der Waals surface area (Å²) in [6.45, 7) is 3.32. The van der Waals surface area contributed by atoms with Crippen molar-refractivity contribution in [2.24, 2.45) is 0 Å². The molecule has 22 heavy (non-hydrogen) atoms. The Morgan fingerprint density at radius 1 is 1.27 bits per heavy atom. The molecule has 1 aromatic carbocycles. The maximum absolute atomic E-state index is 11.6. The molecule has 0 aliphatic heterocycles. The van der Waals surface area contributed by atoms with Gasteiger partial charge in [-0.15, -0.1) is 0 Å². The summed E-state index contributed by atoms with van der Waals surface area (Å²) < 4.78 is 10.8. The van der Waals surface area contributed by atoms with E-state index in [1.54, 1.807) is 18.2 Å². The second kappa shape index (κ2) is 10.5. The van der Waals surface area contributed by atoms with Crippen LogP contribution in [0.1, 0.15) is 44.6 Å². The van der Waals surface area contributed by atoms with Crippen LogP contribution in [0.5, 0.6) is 11.5 Å². The molecular formula is C17H24N2O3. The molecule has 0 aliphatic carbocycles. The van der Waals surface area contributed by atoms with E-state index in [1.807, 2.05) is 0 Å². The van der Waals surface area contributed by atoms with Gasteiger partial charge in [-0.3, -0.25) is 4.79 Å². The van der Waals surface area contributed by atoms with Crippen molar-refractivity contribution >= 4 is 5.91 Å². The lowest BCUT2D eigenvalue weighted by Gasteiger charge is -2.10. The van der Waals surface area contributed by atoms with Crippen LogP contribution in [-0.2, 0) is 4.79 Å². The minimum Gasteiger partial charge on any atom is -0.493 e. The maximum Gasteiger partial charge on any atom is 0.220 e. The van der Waals surface area contributed by atoms with Crippen molar-refractivity contribution in [2.45, 2.75) is 39.0 Å². The van der Waals surface area contributed by atoms with Gasteiger partial charge in [0.1, 0.15) is 0 Å². The molecule has 5 nitrogen and oxygen atoms in total. The van der Waals surface area contributed by atoms with Gasteiger partial charge in [0, 0.05) is 19.0 Å². The van der Waals surface area contributed by atoms with Crippen LogP contribution in [0.3, 0.4) is 0 Å². The normalized spacial score (nSPS) is 9.86. The summed E-state index contributed by atoms with van der Waals surface area (Å²) in [6.07, 6.45) is 4.41. The molecule has 0 saturated carbocycles. The van der Waals surface area contributed by atoms with Gasteiger partial charge in [0.25, 0.3) is 0 Å². The summed E-state index contributed by atoms with van der Waals surface area (Å²) >= 11 is 0. The van der Waals surface area contributed by atoms with Gasteiger partial charge in [-0.1, -0.05) is 19.8 Å². The van der Waals surface area contributed by atoms with E-state index in [0.29, 0.717) is 36.5 Å². The molecule has 0 aromatic heterocycles. The Balaban J connectivity index is 2.27. The molecule has 5 heteroatoms. The number of nitrogens with zero attached hydrogens (tertiary/aromatic N) is 1. The Morgan fingerprint density at radius 3 is 2.77 bits per heavy atom. The van der Waals surface area contributed by atoms with Gasteiger partial charge in [-0.05, 0) is 25.0 Å². The highest BCUT2D eigenvalue weighted by Gasteiger charge is 2.06. The van der Waals surface area contributed by atoms with Crippen LogP contribution in [-0.4, -0.2) is 26.2 Å². The highest BCUT2D eigenvalue weighted by atomic mass is 16.5. The van der Waals surface area contributed by atoms with Crippen molar-refractivity contribution in [3.05, 3.63) is 23.8 Å². The number of hydrogen-bond acceptors (Lipinski definition) is 4. The number of amides is 1. The van der Waals surface area contributed by atoms with Crippen LogP contribution in [0.2, 0.25) is 0 Å². The maximum atomic E-state index is 11.6. The molecule has 0 radical (unpaired) electrons. The lowest BCUT2D eigenvalue weighted by molar-refractivity contribution is -0.121. The van der Waals surface area contributed by atoms with Gasteiger partial charge in [0.2, 0.25) is 5.91 Å².